The van der Waals surface area contributed by atoms with Gasteiger partial charge in [-0.05, 0) is 41.2 Å². The van der Waals surface area contributed by atoms with Crippen LogP contribution in [-0.4, -0.2) is 0 Å². The van der Waals surface area contributed by atoms with E-state index < -0.39 is 0 Å². The van der Waals surface area contributed by atoms with Gasteiger partial charge in [0.05, 0.1) is 0 Å². The maximum absolute atomic E-state index is 6.26. The third-order valence-corrected chi connectivity index (χ3v) is 5.01. The van der Waals surface area contributed by atoms with Crippen LogP contribution in [-0.2, 0) is 12.8 Å². The van der Waals surface area contributed by atoms with Crippen LogP contribution in [0.15, 0.2) is 89.3 Å². The molecular weight excluding hydrogens is 304 g/mol. The number of rotatable bonds is 2. The van der Waals surface area contributed by atoms with Gasteiger partial charge in [0, 0.05) is 11.1 Å². The molecule has 0 aliphatic heterocycles. The van der Waals surface area contributed by atoms with Gasteiger partial charge in [-0.15, -0.1) is 0 Å². The molecule has 3 aromatic carbocycles. The van der Waals surface area contributed by atoms with E-state index in [0.717, 1.165) is 29.9 Å². The Bertz CT molecular complexity index is 1020. The highest BCUT2D eigenvalue weighted by atomic mass is 16.3. The Morgan fingerprint density at radius 1 is 0.560 bits per heavy atom. The zero-order chi connectivity index (χ0) is 16.6. The predicted octanol–water partition coefficient (Wildman–Crippen LogP) is 6.38. The number of fused-ring (bicyclic) bond motifs is 3. The van der Waals surface area contributed by atoms with Crippen LogP contribution in [0.5, 0.6) is 0 Å². The normalized spacial score (nSPS) is 12.5. The van der Waals surface area contributed by atoms with Crippen molar-refractivity contribution in [3.8, 4) is 33.8 Å². The van der Waals surface area contributed by atoms with Gasteiger partial charge in [0.15, 0.2) is 0 Å². The first-order valence-corrected chi connectivity index (χ1v) is 8.75. The summed E-state index contributed by atoms with van der Waals surface area (Å²) >= 11 is 0. The smallest absolute Gasteiger partial charge is 0.138 e. The van der Waals surface area contributed by atoms with Gasteiger partial charge >= 0.3 is 0 Å². The largest absolute Gasteiger partial charge is 0.456 e. The van der Waals surface area contributed by atoms with Gasteiger partial charge in [0.25, 0.3) is 0 Å². The summed E-state index contributed by atoms with van der Waals surface area (Å²) in [4.78, 5) is 0. The summed E-state index contributed by atoms with van der Waals surface area (Å²) in [7, 11) is 0. The molecule has 0 saturated carbocycles. The van der Waals surface area contributed by atoms with Crippen molar-refractivity contribution in [2.24, 2.45) is 0 Å². The fourth-order valence-electron chi connectivity index (χ4n) is 3.67. The van der Waals surface area contributed by atoms with Crippen molar-refractivity contribution in [2.75, 3.05) is 0 Å². The van der Waals surface area contributed by atoms with Crippen LogP contribution in [0.2, 0.25) is 0 Å². The summed E-state index contributed by atoms with van der Waals surface area (Å²) in [6, 6.07) is 29.9. The Kier molecular flexibility index (Phi) is 3.31. The van der Waals surface area contributed by atoms with Crippen molar-refractivity contribution < 1.29 is 4.42 Å². The second-order valence-corrected chi connectivity index (χ2v) is 6.57. The number of benzene rings is 3. The topological polar surface area (TPSA) is 13.1 Å². The van der Waals surface area contributed by atoms with E-state index in [0.29, 0.717) is 0 Å². The Hall–Kier alpha value is -3.06. The molecule has 5 rings (SSSR count). The molecule has 4 aromatic rings. The molecule has 1 heterocycles. The molecule has 120 valence electrons. The van der Waals surface area contributed by atoms with Crippen LogP contribution >= 0.6 is 0 Å². The van der Waals surface area contributed by atoms with Crippen molar-refractivity contribution in [1.82, 2.24) is 0 Å². The Morgan fingerprint density at radius 2 is 1.20 bits per heavy atom. The van der Waals surface area contributed by atoms with Gasteiger partial charge in [-0.2, -0.15) is 0 Å². The summed E-state index contributed by atoms with van der Waals surface area (Å²) in [5, 5.41) is 0. The predicted molar refractivity (Wildman–Crippen MR) is 102 cm³/mol. The van der Waals surface area contributed by atoms with Crippen molar-refractivity contribution in [3.63, 3.8) is 0 Å². The Balaban J connectivity index is 1.52. The Morgan fingerprint density at radius 3 is 2.04 bits per heavy atom. The standard InChI is InChI=1S/C24H18O/c1-2-6-17(7-3-1)18-10-13-20(14-11-18)23-16-21-15-12-19-8-4-5-9-22(19)24(21)25-23/h1-11,13-14,16H,12,15H2. The first-order chi connectivity index (χ1) is 12.4. The number of hydrogen-bond acceptors (Lipinski definition) is 1. The molecule has 1 aliphatic carbocycles. The van der Waals surface area contributed by atoms with Gasteiger partial charge in [0.1, 0.15) is 11.5 Å². The fraction of sp³-hybridized carbons (Fsp3) is 0.0833. The maximum atomic E-state index is 6.26. The molecule has 0 radical (unpaired) electrons. The van der Waals surface area contributed by atoms with Crippen LogP contribution in [0.25, 0.3) is 33.8 Å². The van der Waals surface area contributed by atoms with Crippen LogP contribution in [0.4, 0.5) is 0 Å². The van der Waals surface area contributed by atoms with Gasteiger partial charge in [-0.3, -0.25) is 0 Å². The minimum atomic E-state index is 0.960. The lowest BCUT2D eigenvalue weighted by Gasteiger charge is -2.13. The van der Waals surface area contributed by atoms with Crippen molar-refractivity contribution in [2.45, 2.75) is 12.8 Å². The van der Waals surface area contributed by atoms with E-state index in [9.17, 15) is 0 Å². The van der Waals surface area contributed by atoms with Crippen LogP contribution in [0.1, 0.15) is 11.1 Å². The molecule has 0 unspecified atom stereocenters. The molecule has 1 aliphatic rings. The summed E-state index contributed by atoms with van der Waals surface area (Å²) in [6.45, 7) is 0. The molecule has 1 heteroatoms. The van der Waals surface area contributed by atoms with Crippen molar-refractivity contribution in [3.05, 3.63) is 96.1 Å². The second-order valence-electron chi connectivity index (χ2n) is 6.57. The summed E-state index contributed by atoms with van der Waals surface area (Å²) in [5.74, 6) is 2.00. The molecule has 1 aromatic heterocycles. The van der Waals surface area contributed by atoms with Gasteiger partial charge in [-0.1, -0.05) is 78.9 Å². The number of furan rings is 1. The highest BCUT2D eigenvalue weighted by Crippen LogP contribution is 2.38. The molecule has 0 bridgehead atoms. The lowest BCUT2D eigenvalue weighted by atomic mass is 9.91. The molecule has 0 spiro atoms. The fourth-order valence-corrected chi connectivity index (χ4v) is 3.67. The summed E-state index contributed by atoms with van der Waals surface area (Å²) in [6.07, 6.45) is 2.15. The van der Waals surface area contributed by atoms with Crippen molar-refractivity contribution in [1.29, 1.82) is 0 Å². The third kappa shape index (κ3) is 2.49. The van der Waals surface area contributed by atoms with E-state index in [1.54, 1.807) is 0 Å². The van der Waals surface area contributed by atoms with Crippen LogP contribution < -0.4 is 0 Å². The van der Waals surface area contributed by atoms with E-state index in [1.807, 2.05) is 6.07 Å². The first kappa shape index (κ1) is 14.3. The molecule has 0 N–H and O–H groups in total. The van der Waals surface area contributed by atoms with E-state index >= 15 is 0 Å². The van der Waals surface area contributed by atoms with Crippen LogP contribution in [0.3, 0.4) is 0 Å². The molecule has 0 saturated heterocycles. The third-order valence-electron chi connectivity index (χ3n) is 5.01. The monoisotopic (exact) mass is 322 g/mol. The molecule has 25 heavy (non-hydrogen) atoms. The maximum Gasteiger partial charge on any atom is 0.138 e. The number of aryl methyl sites for hydroxylation is 2. The lowest BCUT2D eigenvalue weighted by Crippen LogP contribution is -2.00. The van der Waals surface area contributed by atoms with Crippen molar-refractivity contribution >= 4 is 0 Å². The van der Waals surface area contributed by atoms with E-state index in [2.05, 4.69) is 78.9 Å². The lowest BCUT2D eigenvalue weighted by molar-refractivity contribution is 0.590. The summed E-state index contributed by atoms with van der Waals surface area (Å²) in [5.41, 5.74) is 7.55. The van der Waals surface area contributed by atoms with Gasteiger partial charge < -0.3 is 4.42 Å². The SMILES string of the molecule is c1ccc(-c2ccc(-c3cc4c(o3)-c3ccccc3CC4)cc2)cc1. The van der Waals surface area contributed by atoms with Crippen LogP contribution in [0, 0.1) is 0 Å². The first-order valence-electron chi connectivity index (χ1n) is 8.75. The number of hydrogen-bond donors (Lipinski definition) is 0. The van der Waals surface area contributed by atoms with E-state index in [4.69, 9.17) is 4.42 Å². The zero-order valence-corrected chi connectivity index (χ0v) is 13.9. The molecule has 1 nitrogen and oxygen atoms in total. The highest BCUT2D eigenvalue weighted by Gasteiger charge is 2.21. The van der Waals surface area contributed by atoms with E-state index in [1.165, 1.54) is 27.8 Å². The van der Waals surface area contributed by atoms with E-state index in [-0.39, 0.29) is 0 Å². The van der Waals surface area contributed by atoms with Gasteiger partial charge in [-0.25, -0.2) is 0 Å². The molecular formula is C24H18O. The Labute approximate surface area is 147 Å². The second kappa shape index (κ2) is 5.78. The minimum Gasteiger partial charge on any atom is -0.456 e. The zero-order valence-electron chi connectivity index (χ0n) is 13.9. The molecule has 0 fully saturated rings. The summed E-state index contributed by atoms with van der Waals surface area (Å²) < 4.78 is 6.26. The molecule has 0 amide bonds. The highest BCUT2D eigenvalue weighted by molar-refractivity contribution is 5.74. The van der Waals surface area contributed by atoms with Gasteiger partial charge in [0.2, 0.25) is 0 Å². The quantitative estimate of drug-likeness (QED) is 0.417. The molecule has 0 atom stereocenters. The average Bonchev–Trinajstić information content (AvgIpc) is 3.14. The average molecular weight is 322 g/mol. The minimum absolute atomic E-state index is 0.960.